The highest BCUT2D eigenvalue weighted by atomic mass is 16.1. The molecule has 1 atom stereocenters. The first-order chi connectivity index (χ1) is 16.2. The van der Waals surface area contributed by atoms with Gasteiger partial charge in [-0.25, -0.2) is 0 Å². The van der Waals surface area contributed by atoms with E-state index in [0.29, 0.717) is 5.56 Å². The van der Waals surface area contributed by atoms with Gasteiger partial charge in [0.1, 0.15) is 0 Å². The third kappa shape index (κ3) is 4.29. The van der Waals surface area contributed by atoms with Crippen molar-refractivity contribution in [2.45, 2.75) is 83.2 Å². The molecule has 33 heavy (non-hydrogen) atoms. The molecule has 170 valence electrons. The molecule has 4 nitrogen and oxygen atoms in total. The normalized spacial score (nSPS) is 17.8. The van der Waals surface area contributed by atoms with E-state index >= 15 is 0 Å². The number of fused-ring (bicyclic) bond motifs is 1. The van der Waals surface area contributed by atoms with Gasteiger partial charge in [0.25, 0.3) is 5.91 Å². The Morgan fingerprint density at radius 1 is 1.03 bits per heavy atom. The van der Waals surface area contributed by atoms with Crippen LogP contribution < -0.4 is 5.32 Å². The summed E-state index contributed by atoms with van der Waals surface area (Å²) < 4.78 is 2.00. The predicted molar refractivity (Wildman–Crippen MR) is 133 cm³/mol. The summed E-state index contributed by atoms with van der Waals surface area (Å²) >= 11 is 0. The average molecular weight is 440 g/mol. The molecular formula is C29H33N3O. The van der Waals surface area contributed by atoms with E-state index in [1.54, 1.807) is 0 Å². The average Bonchev–Trinajstić information content (AvgIpc) is 3.24. The first-order valence-corrected chi connectivity index (χ1v) is 12.5. The van der Waals surface area contributed by atoms with Crippen LogP contribution in [0.25, 0.3) is 10.9 Å². The molecule has 2 aliphatic carbocycles. The maximum absolute atomic E-state index is 13.4. The third-order valence-electron chi connectivity index (χ3n) is 7.56. The summed E-state index contributed by atoms with van der Waals surface area (Å²) in [6.45, 7) is 4.00. The molecule has 1 amide bonds. The summed E-state index contributed by atoms with van der Waals surface area (Å²) in [6, 6.07) is 13.2. The molecule has 1 N–H and O–H groups in total. The topological polar surface area (TPSA) is 46.9 Å². The lowest BCUT2D eigenvalue weighted by atomic mass is 9.80. The fourth-order valence-corrected chi connectivity index (χ4v) is 5.32. The smallest absolute Gasteiger partial charge is 0.253 e. The second-order valence-corrected chi connectivity index (χ2v) is 9.67. The van der Waals surface area contributed by atoms with Gasteiger partial charge in [0.2, 0.25) is 0 Å². The molecule has 0 radical (unpaired) electrons. The number of hydrogen-bond donors (Lipinski definition) is 1. The van der Waals surface area contributed by atoms with E-state index in [1.165, 1.54) is 49.7 Å². The SMILES string of the molecule is CC#Cc1ccc(C(=O)NC2CCCCC2)c2c1cnn2C(C)c1ccc(C2CCC2)cc1. The van der Waals surface area contributed by atoms with Crippen LogP contribution in [-0.2, 0) is 0 Å². The predicted octanol–water partition coefficient (Wildman–Crippen LogP) is 6.35. The Morgan fingerprint density at radius 3 is 2.45 bits per heavy atom. The number of aromatic nitrogens is 2. The number of amides is 1. The van der Waals surface area contributed by atoms with Gasteiger partial charge in [-0.3, -0.25) is 9.48 Å². The van der Waals surface area contributed by atoms with Gasteiger partial charge < -0.3 is 5.32 Å². The Morgan fingerprint density at radius 2 is 1.79 bits per heavy atom. The van der Waals surface area contributed by atoms with Crippen molar-refractivity contribution in [2.24, 2.45) is 0 Å². The molecule has 4 heteroatoms. The molecule has 3 aromatic rings. The highest BCUT2D eigenvalue weighted by Gasteiger charge is 2.24. The lowest BCUT2D eigenvalue weighted by Gasteiger charge is -2.26. The number of carbonyl (C=O) groups is 1. The van der Waals surface area contributed by atoms with Gasteiger partial charge in [-0.2, -0.15) is 5.10 Å². The molecule has 2 fully saturated rings. The summed E-state index contributed by atoms with van der Waals surface area (Å²) in [5, 5.41) is 8.99. The van der Waals surface area contributed by atoms with E-state index in [0.717, 1.165) is 35.2 Å². The Balaban J connectivity index is 1.51. The Bertz CT molecular complexity index is 1200. The van der Waals surface area contributed by atoms with Gasteiger partial charge in [0.05, 0.1) is 23.3 Å². The number of hydrogen-bond acceptors (Lipinski definition) is 2. The van der Waals surface area contributed by atoms with Crippen molar-refractivity contribution in [1.29, 1.82) is 0 Å². The van der Waals surface area contributed by atoms with Crippen molar-refractivity contribution in [3.63, 3.8) is 0 Å². The van der Waals surface area contributed by atoms with Gasteiger partial charge in [0.15, 0.2) is 0 Å². The summed E-state index contributed by atoms with van der Waals surface area (Å²) in [4.78, 5) is 13.4. The lowest BCUT2D eigenvalue weighted by Crippen LogP contribution is -2.36. The van der Waals surface area contributed by atoms with Crippen molar-refractivity contribution in [3.8, 4) is 11.8 Å². The summed E-state index contributed by atoms with van der Waals surface area (Å²) in [7, 11) is 0. The fraction of sp³-hybridized carbons (Fsp3) is 0.448. The monoisotopic (exact) mass is 439 g/mol. The van der Waals surface area contributed by atoms with Crippen LogP contribution in [0.2, 0.25) is 0 Å². The highest BCUT2D eigenvalue weighted by Crippen LogP contribution is 2.37. The minimum Gasteiger partial charge on any atom is -0.349 e. The highest BCUT2D eigenvalue weighted by molar-refractivity contribution is 6.07. The van der Waals surface area contributed by atoms with Crippen molar-refractivity contribution in [2.75, 3.05) is 0 Å². The summed E-state index contributed by atoms with van der Waals surface area (Å²) in [5.41, 5.74) is 5.12. The minimum absolute atomic E-state index is 0.00260. The van der Waals surface area contributed by atoms with Gasteiger partial charge in [-0.1, -0.05) is 55.9 Å². The van der Waals surface area contributed by atoms with Gasteiger partial charge in [-0.15, -0.1) is 5.92 Å². The number of rotatable bonds is 5. The van der Waals surface area contributed by atoms with E-state index in [1.807, 2.05) is 29.9 Å². The molecule has 0 saturated heterocycles. The molecule has 5 rings (SSSR count). The Labute approximate surface area is 196 Å². The van der Waals surface area contributed by atoms with E-state index in [-0.39, 0.29) is 18.0 Å². The summed E-state index contributed by atoms with van der Waals surface area (Å²) in [6.07, 6.45) is 11.6. The molecular weight excluding hydrogens is 406 g/mol. The Kier molecular flexibility index (Phi) is 6.22. The molecule has 0 aliphatic heterocycles. The second kappa shape index (κ2) is 9.43. The van der Waals surface area contributed by atoms with E-state index in [2.05, 4.69) is 48.3 Å². The second-order valence-electron chi connectivity index (χ2n) is 9.67. The van der Waals surface area contributed by atoms with Crippen LogP contribution in [0.4, 0.5) is 0 Å². The molecule has 1 aromatic heterocycles. The molecule has 1 unspecified atom stereocenters. The standard InChI is InChI=1S/C29H33N3O/c1-3-8-24-17-18-26(29(33)31-25-11-5-4-6-12-25)28-27(24)19-30-32(28)20(2)21-13-15-23(16-14-21)22-9-7-10-22/h13-20,22,25H,4-7,9-12H2,1-2H3,(H,31,33). The van der Waals surface area contributed by atoms with E-state index < -0.39 is 0 Å². The first kappa shape index (κ1) is 21.8. The van der Waals surface area contributed by atoms with E-state index in [4.69, 9.17) is 5.10 Å². The van der Waals surface area contributed by atoms with Crippen LogP contribution in [0.1, 0.15) is 104 Å². The van der Waals surface area contributed by atoms with Crippen molar-refractivity contribution < 1.29 is 4.79 Å². The largest absolute Gasteiger partial charge is 0.349 e. The number of benzene rings is 2. The van der Waals surface area contributed by atoms with Crippen molar-refractivity contribution in [3.05, 3.63) is 64.8 Å². The zero-order valence-electron chi connectivity index (χ0n) is 19.7. The van der Waals surface area contributed by atoms with E-state index in [9.17, 15) is 4.79 Å². The number of nitrogens with zero attached hydrogens (tertiary/aromatic N) is 2. The van der Waals surface area contributed by atoms with Crippen LogP contribution in [0.5, 0.6) is 0 Å². The lowest BCUT2D eigenvalue weighted by molar-refractivity contribution is 0.0929. The maximum atomic E-state index is 13.4. The first-order valence-electron chi connectivity index (χ1n) is 12.5. The number of nitrogens with one attached hydrogen (secondary N) is 1. The molecule has 1 heterocycles. The maximum Gasteiger partial charge on any atom is 0.253 e. The zero-order valence-corrected chi connectivity index (χ0v) is 19.7. The van der Waals surface area contributed by atoms with Crippen molar-refractivity contribution >= 4 is 16.8 Å². The van der Waals surface area contributed by atoms with Gasteiger partial charge in [-0.05, 0) is 68.7 Å². The quantitative estimate of drug-likeness (QED) is 0.471. The van der Waals surface area contributed by atoms with Crippen LogP contribution in [0.3, 0.4) is 0 Å². The fourth-order valence-electron chi connectivity index (χ4n) is 5.32. The number of carbonyl (C=O) groups excluding carboxylic acids is 1. The van der Waals surface area contributed by atoms with Gasteiger partial charge >= 0.3 is 0 Å². The van der Waals surface area contributed by atoms with Gasteiger partial charge in [0, 0.05) is 17.0 Å². The zero-order chi connectivity index (χ0) is 22.8. The Hall–Kier alpha value is -3.06. The minimum atomic E-state index is -0.00260. The summed E-state index contributed by atoms with van der Waals surface area (Å²) in [5.74, 6) is 6.91. The van der Waals surface area contributed by atoms with Crippen molar-refractivity contribution in [1.82, 2.24) is 15.1 Å². The molecule has 2 saturated carbocycles. The van der Waals surface area contributed by atoms with Crippen LogP contribution in [-0.4, -0.2) is 21.7 Å². The molecule has 2 aromatic carbocycles. The molecule has 0 spiro atoms. The third-order valence-corrected chi connectivity index (χ3v) is 7.56. The van der Waals surface area contributed by atoms with Crippen LogP contribution >= 0.6 is 0 Å². The van der Waals surface area contributed by atoms with Crippen LogP contribution in [0.15, 0.2) is 42.6 Å². The molecule has 0 bridgehead atoms. The van der Waals surface area contributed by atoms with Crippen LogP contribution in [0, 0.1) is 11.8 Å². The molecule has 2 aliphatic rings.